The van der Waals surface area contributed by atoms with Gasteiger partial charge in [0, 0.05) is 18.2 Å². The molecule has 1 aromatic carbocycles. The van der Waals surface area contributed by atoms with Crippen molar-refractivity contribution in [1.29, 1.82) is 0 Å². The van der Waals surface area contributed by atoms with Crippen LogP contribution in [0, 0.1) is 0 Å². The minimum Gasteiger partial charge on any atom is -0.496 e. The fourth-order valence-corrected chi connectivity index (χ4v) is 3.44. The van der Waals surface area contributed by atoms with E-state index in [1.54, 1.807) is 12.0 Å². The summed E-state index contributed by atoms with van der Waals surface area (Å²) >= 11 is 5.61. The van der Waals surface area contributed by atoms with E-state index in [4.69, 9.17) is 22.7 Å². The lowest BCUT2D eigenvalue weighted by molar-refractivity contribution is 0.410. The van der Waals surface area contributed by atoms with Crippen molar-refractivity contribution >= 4 is 28.8 Å². The number of unbranched alkanes of at least 4 members (excludes halogenated alkanes) is 1. The highest BCUT2D eigenvalue weighted by Crippen LogP contribution is 2.26. The molecule has 1 heterocycles. The average Bonchev–Trinajstić information content (AvgIpc) is 3.51. The summed E-state index contributed by atoms with van der Waals surface area (Å²) in [6.07, 6.45) is 3.73. The number of hydrogen-bond acceptors (Lipinski definition) is 5. The molecule has 0 spiro atoms. The highest BCUT2D eigenvalue weighted by molar-refractivity contribution is 7.80. The number of aromatic amines is 1. The molecular weight excluding hydrogens is 390 g/mol. The van der Waals surface area contributed by atoms with Crippen LogP contribution in [0.15, 0.2) is 33.9 Å². The van der Waals surface area contributed by atoms with Gasteiger partial charge in [0.1, 0.15) is 11.6 Å². The Kier molecular flexibility index (Phi) is 6.58. The number of benzene rings is 1. The molecular formula is C20H27N5O3S. The maximum Gasteiger partial charge on any atom is 0.330 e. The molecule has 156 valence electrons. The van der Waals surface area contributed by atoms with E-state index in [1.165, 1.54) is 4.57 Å². The first-order valence-electron chi connectivity index (χ1n) is 9.78. The quantitative estimate of drug-likeness (QED) is 0.564. The number of para-hydroxylation sites is 1. The first-order valence-corrected chi connectivity index (χ1v) is 10.2. The van der Waals surface area contributed by atoms with Crippen LogP contribution in [0.5, 0.6) is 5.75 Å². The summed E-state index contributed by atoms with van der Waals surface area (Å²) in [6.45, 7) is 2.73. The van der Waals surface area contributed by atoms with Crippen LogP contribution in [0.1, 0.15) is 38.2 Å². The lowest BCUT2D eigenvalue weighted by atomic mass is 10.2. The number of H-pyrrole nitrogens is 1. The van der Waals surface area contributed by atoms with Crippen LogP contribution in [0.3, 0.4) is 0 Å². The highest BCUT2D eigenvalue weighted by atomic mass is 32.1. The van der Waals surface area contributed by atoms with Gasteiger partial charge in [0.2, 0.25) is 0 Å². The molecule has 29 heavy (non-hydrogen) atoms. The molecule has 0 aliphatic heterocycles. The minimum absolute atomic E-state index is 0.113. The number of hydrogen-bond donors (Lipinski definition) is 3. The van der Waals surface area contributed by atoms with E-state index in [-0.39, 0.29) is 18.1 Å². The van der Waals surface area contributed by atoms with Crippen molar-refractivity contribution in [3.63, 3.8) is 0 Å². The minimum atomic E-state index is -0.560. The van der Waals surface area contributed by atoms with Crippen LogP contribution in [-0.2, 0) is 13.1 Å². The van der Waals surface area contributed by atoms with E-state index in [2.05, 4.69) is 10.3 Å². The molecule has 0 bridgehead atoms. The summed E-state index contributed by atoms with van der Waals surface area (Å²) in [7, 11) is 1.59. The Hall–Kier alpha value is -2.81. The number of methoxy groups -OCH3 is 1. The van der Waals surface area contributed by atoms with E-state index in [0.717, 1.165) is 31.2 Å². The molecule has 2 aromatic rings. The van der Waals surface area contributed by atoms with Crippen molar-refractivity contribution in [1.82, 2.24) is 14.9 Å². The largest absolute Gasteiger partial charge is 0.496 e. The van der Waals surface area contributed by atoms with Crippen molar-refractivity contribution in [3.05, 3.63) is 50.7 Å². The molecule has 0 atom stereocenters. The number of anilines is 2. The molecule has 0 amide bonds. The SMILES string of the molecule is CCCCn1c(N)c(N(Cc2ccccc2OC)C(=S)NC2CC2)c(=O)[nH]c1=O. The number of aromatic nitrogens is 2. The van der Waals surface area contributed by atoms with Gasteiger partial charge in [0.25, 0.3) is 5.56 Å². The summed E-state index contributed by atoms with van der Waals surface area (Å²) in [5.74, 6) is 0.795. The third-order valence-electron chi connectivity index (χ3n) is 4.89. The molecule has 1 fully saturated rings. The lowest BCUT2D eigenvalue weighted by Crippen LogP contribution is -2.45. The molecule has 0 saturated heterocycles. The smallest absolute Gasteiger partial charge is 0.330 e. The van der Waals surface area contributed by atoms with Gasteiger partial charge in [-0.1, -0.05) is 31.5 Å². The molecule has 1 saturated carbocycles. The Morgan fingerprint density at radius 3 is 2.76 bits per heavy atom. The van der Waals surface area contributed by atoms with Gasteiger partial charge in [-0.3, -0.25) is 14.3 Å². The Balaban J connectivity index is 2.07. The van der Waals surface area contributed by atoms with Crippen molar-refractivity contribution in [2.75, 3.05) is 17.7 Å². The summed E-state index contributed by atoms with van der Waals surface area (Å²) in [5.41, 5.74) is 6.26. The second-order valence-electron chi connectivity index (χ2n) is 7.12. The van der Waals surface area contributed by atoms with Gasteiger partial charge in [0.05, 0.1) is 13.7 Å². The van der Waals surface area contributed by atoms with Crippen LogP contribution in [0.2, 0.25) is 0 Å². The lowest BCUT2D eigenvalue weighted by Gasteiger charge is -2.27. The standard InChI is InChI=1S/C20H27N5O3S/c1-3-4-11-24-17(21)16(18(26)23-19(24)27)25(20(29)22-14-9-10-14)12-13-7-5-6-8-15(13)28-2/h5-8,14H,3-4,9-12,21H2,1-2H3,(H,22,29)(H,23,26,27). The third kappa shape index (κ3) is 4.79. The first-order chi connectivity index (χ1) is 14.0. The highest BCUT2D eigenvalue weighted by Gasteiger charge is 2.28. The van der Waals surface area contributed by atoms with Crippen LogP contribution in [0.4, 0.5) is 11.5 Å². The van der Waals surface area contributed by atoms with Gasteiger partial charge in [-0.05, 0) is 37.5 Å². The summed E-state index contributed by atoms with van der Waals surface area (Å²) in [6, 6.07) is 7.82. The number of ether oxygens (including phenoxy) is 1. The van der Waals surface area contributed by atoms with Crippen LogP contribution >= 0.6 is 12.2 Å². The number of rotatable bonds is 8. The van der Waals surface area contributed by atoms with Crippen LogP contribution in [-0.4, -0.2) is 27.8 Å². The monoisotopic (exact) mass is 417 g/mol. The Morgan fingerprint density at radius 2 is 2.10 bits per heavy atom. The number of nitrogen functional groups attached to an aromatic ring is 1. The molecule has 1 aromatic heterocycles. The van der Waals surface area contributed by atoms with Gasteiger partial charge < -0.3 is 20.7 Å². The Morgan fingerprint density at radius 1 is 1.38 bits per heavy atom. The van der Waals surface area contributed by atoms with Gasteiger partial charge in [-0.2, -0.15) is 0 Å². The normalized spacial score (nSPS) is 13.2. The molecule has 0 unspecified atom stereocenters. The number of nitrogens with two attached hydrogens (primary N) is 1. The van der Waals surface area contributed by atoms with Crippen molar-refractivity contribution in [2.24, 2.45) is 0 Å². The van der Waals surface area contributed by atoms with Crippen LogP contribution < -0.4 is 31.9 Å². The second-order valence-corrected chi connectivity index (χ2v) is 7.51. The van der Waals surface area contributed by atoms with Gasteiger partial charge in [0.15, 0.2) is 10.8 Å². The predicted octanol–water partition coefficient (Wildman–Crippen LogP) is 1.97. The molecule has 8 nitrogen and oxygen atoms in total. The fraction of sp³-hybridized carbons (Fsp3) is 0.450. The molecule has 1 aliphatic carbocycles. The van der Waals surface area contributed by atoms with E-state index in [1.807, 2.05) is 31.2 Å². The van der Waals surface area contributed by atoms with Crippen molar-refractivity contribution < 1.29 is 4.74 Å². The fourth-order valence-electron chi connectivity index (χ4n) is 3.11. The van der Waals surface area contributed by atoms with Gasteiger partial charge >= 0.3 is 5.69 Å². The number of thiocarbonyl (C=S) groups is 1. The zero-order chi connectivity index (χ0) is 21.0. The second kappa shape index (κ2) is 9.13. The zero-order valence-corrected chi connectivity index (χ0v) is 17.6. The predicted molar refractivity (Wildman–Crippen MR) is 119 cm³/mol. The maximum atomic E-state index is 12.8. The molecule has 9 heteroatoms. The Bertz CT molecular complexity index is 996. The van der Waals surface area contributed by atoms with E-state index < -0.39 is 11.2 Å². The van der Waals surface area contributed by atoms with E-state index in [9.17, 15) is 9.59 Å². The number of nitrogens with zero attached hydrogens (tertiary/aromatic N) is 2. The summed E-state index contributed by atoms with van der Waals surface area (Å²) in [4.78, 5) is 29.1. The maximum absolute atomic E-state index is 12.8. The van der Waals surface area contributed by atoms with Crippen molar-refractivity contribution in [2.45, 2.75) is 51.7 Å². The van der Waals surface area contributed by atoms with E-state index in [0.29, 0.717) is 23.4 Å². The summed E-state index contributed by atoms with van der Waals surface area (Å²) in [5, 5.41) is 3.66. The third-order valence-corrected chi connectivity index (χ3v) is 5.23. The molecule has 0 radical (unpaired) electrons. The van der Waals surface area contributed by atoms with Gasteiger partial charge in [-0.15, -0.1) is 0 Å². The topological polar surface area (TPSA) is 105 Å². The molecule has 1 aliphatic rings. The summed E-state index contributed by atoms with van der Waals surface area (Å²) < 4.78 is 6.85. The van der Waals surface area contributed by atoms with E-state index >= 15 is 0 Å². The average molecular weight is 418 g/mol. The molecule has 3 rings (SSSR count). The van der Waals surface area contributed by atoms with Crippen LogP contribution in [0.25, 0.3) is 0 Å². The first kappa shape index (κ1) is 20.9. The van der Waals surface area contributed by atoms with Gasteiger partial charge in [-0.25, -0.2) is 4.79 Å². The number of nitrogens with one attached hydrogen (secondary N) is 2. The van der Waals surface area contributed by atoms with Crippen molar-refractivity contribution in [3.8, 4) is 5.75 Å². The molecule has 4 N–H and O–H groups in total. The Labute approximate surface area is 174 Å². The zero-order valence-electron chi connectivity index (χ0n) is 16.7.